The molecular formula is C17H26ClFN2O2. The molecule has 130 valence electrons. The van der Waals surface area contributed by atoms with E-state index in [0.717, 1.165) is 26.2 Å². The molecule has 0 aromatic heterocycles. The summed E-state index contributed by atoms with van der Waals surface area (Å²) in [7, 11) is 0. The number of hydrogen-bond donors (Lipinski definition) is 1. The summed E-state index contributed by atoms with van der Waals surface area (Å²) in [5, 5.41) is 10.5. The summed E-state index contributed by atoms with van der Waals surface area (Å²) in [4.78, 5) is 4.41. The van der Waals surface area contributed by atoms with Crippen LogP contribution >= 0.6 is 11.6 Å². The molecule has 1 unspecified atom stereocenters. The van der Waals surface area contributed by atoms with Crippen LogP contribution in [0.5, 0.6) is 0 Å². The van der Waals surface area contributed by atoms with E-state index in [4.69, 9.17) is 16.3 Å². The van der Waals surface area contributed by atoms with Crippen molar-refractivity contribution in [2.45, 2.75) is 32.6 Å². The van der Waals surface area contributed by atoms with Crippen molar-refractivity contribution >= 4 is 11.6 Å². The van der Waals surface area contributed by atoms with E-state index in [1.54, 1.807) is 12.1 Å². The van der Waals surface area contributed by atoms with Crippen LogP contribution in [0.3, 0.4) is 0 Å². The van der Waals surface area contributed by atoms with Gasteiger partial charge in [-0.05, 0) is 26.0 Å². The van der Waals surface area contributed by atoms with Crippen molar-refractivity contribution in [3.05, 3.63) is 34.6 Å². The largest absolute Gasteiger partial charge is 0.389 e. The summed E-state index contributed by atoms with van der Waals surface area (Å²) in [5.41, 5.74) is 0.563. The fourth-order valence-electron chi connectivity index (χ4n) is 2.69. The topological polar surface area (TPSA) is 35.9 Å². The Balaban J connectivity index is 1.76. The first-order chi connectivity index (χ1) is 11.0. The van der Waals surface area contributed by atoms with Gasteiger partial charge in [0.25, 0.3) is 0 Å². The van der Waals surface area contributed by atoms with Gasteiger partial charge in [-0.25, -0.2) is 4.39 Å². The highest BCUT2D eigenvalue weighted by atomic mass is 35.5. The van der Waals surface area contributed by atoms with E-state index in [0.29, 0.717) is 30.3 Å². The molecule has 1 atom stereocenters. The molecule has 1 aromatic rings. The Morgan fingerprint density at radius 2 is 1.87 bits per heavy atom. The predicted molar refractivity (Wildman–Crippen MR) is 90.2 cm³/mol. The third-order valence-electron chi connectivity index (χ3n) is 4.00. The number of halogens is 2. The summed E-state index contributed by atoms with van der Waals surface area (Å²) in [6.07, 6.45) is -0.336. The predicted octanol–water partition coefficient (Wildman–Crippen LogP) is 2.38. The van der Waals surface area contributed by atoms with E-state index in [1.807, 2.05) is 13.8 Å². The Morgan fingerprint density at radius 1 is 1.22 bits per heavy atom. The van der Waals surface area contributed by atoms with E-state index < -0.39 is 6.10 Å². The van der Waals surface area contributed by atoms with Crippen molar-refractivity contribution in [1.82, 2.24) is 9.80 Å². The molecule has 0 saturated carbocycles. The maximum absolute atomic E-state index is 13.8. The van der Waals surface area contributed by atoms with Crippen LogP contribution in [0.25, 0.3) is 0 Å². The molecule has 1 fully saturated rings. The van der Waals surface area contributed by atoms with E-state index in [2.05, 4.69) is 9.80 Å². The summed E-state index contributed by atoms with van der Waals surface area (Å²) < 4.78 is 19.3. The maximum atomic E-state index is 13.8. The summed E-state index contributed by atoms with van der Waals surface area (Å²) >= 11 is 6.08. The first-order valence-corrected chi connectivity index (χ1v) is 8.50. The summed E-state index contributed by atoms with van der Waals surface area (Å²) in [6.45, 7) is 8.79. The van der Waals surface area contributed by atoms with Crippen molar-refractivity contribution in [1.29, 1.82) is 0 Å². The van der Waals surface area contributed by atoms with Crippen molar-refractivity contribution in [2.75, 3.05) is 39.3 Å². The molecule has 1 N–H and O–H groups in total. The molecule has 0 bridgehead atoms. The smallest absolute Gasteiger partial charge is 0.129 e. The van der Waals surface area contributed by atoms with Crippen molar-refractivity contribution in [2.24, 2.45) is 0 Å². The minimum absolute atomic E-state index is 0.131. The Bertz CT molecular complexity index is 473. The number of β-amino-alcohol motifs (C(OH)–C–C–N with tert-alkyl or cyclic N) is 1. The zero-order valence-electron chi connectivity index (χ0n) is 13.8. The standard InChI is InChI=1S/C17H26ClFN2O2/c1-13(2)23-12-14(22)10-20-6-8-21(9-7-20)11-15-16(18)4-3-5-17(15)19/h3-5,13-14,22H,6-12H2,1-2H3. The number of hydrogen-bond acceptors (Lipinski definition) is 4. The molecule has 0 radical (unpaired) electrons. The van der Waals surface area contributed by atoms with Crippen LogP contribution in [0.4, 0.5) is 4.39 Å². The molecule has 1 heterocycles. The highest BCUT2D eigenvalue weighted by molar-refractivity contribution is 6.31. The minimum Gasteiger partial charge on any atom is -0.389 e. The van der Waals surface area contributed by atoms with E-state index in [1.165, 1.54) is 6.07 Å². The number of aliphatic hydroxyl groups excluding tert-OH is 1. The average molecular weight is 345 g/mol. The molecule has 4 nitrogen and oxygen atoms in total. The van der Waals surface area contributed by atoms with E-state index >= 15 is 0 Å². The van der Waals surface area contributed by atoms with Gasteiger partial charge >= 0.3 is 0 Å². The molecule has 1 saturated heterocycles. The molecule has 1 aromatic carbocycles. The number of nitrogens with zero attached hydrogens (tertiary/aromatic N) is 2. The van der Waals surface area contributed by atoms with Gasteiger partial charge in [0.1, 0.15) is 5.82 Å². The van der Waals surface area contributed by atoms with Gasteiger partial charge < -0.3 is 9.84 Å². The van der Waals surface area contributed by atoms with Crippen molar-refractivity contribution in [3.63, 3.8) is 0 Å². The quantitative estimate of drug-likeness (QED) is 0.824. The van der Waals surface area contributed by atoms with Gasteiger partial charge in [0.2, 0.25) is 0 Å². The third kappa shape index (κ3) is 6.01. The number of piperazine rings is 1. The molecule has 0 aliphatic carbocycles. The van der Waals surface area contributed by atoms with Crippen LogP contribution < -0.4 is 0 Å². The fourth-order valence-corrected chi connectivity index (χ4v) is 2.91. The zero-order valence-corrected chi connectivity index (χ0v) is 14.6. The first-order valence-electron chi connectivity index (χ1n) is 8.13. The molecular weight excluding hydrogens is 319 g/mol. The summed E-state index contributed by atoms with van der Waals surface area (Å²) in [5.74, 6) is -0.249. The van der Waals surface area contributed by atoms with Gasteiger partial charge in [0.15, 0.2) is 0 Å². The Morgan fingerprint density at radius 3 is 2.48 bits per heavy atom. The molecule has 6 heteroatoms. The zero-order chi connectivity index (χ0) is 16.8. The second kappa shape index (κ2) is 8.94. The Labute approximate surface area is 142 Å². The number of aliphatic hydroxyl groups is 1. The van der Waals surface area contributed by atoms with Gasteiger partial charge in [0, 0.05) is 49.9 Å². The fraction of sp³-hybridized carbons (Fsp3) is 0.647. The number of benzene rings is 1. The van der Waals surface area contributed by atoms with Crippen LogP contribution in [0, 0.1) is 5.82 Å². The monoisotopic (exact) mass is 344 g/mol. The molecule has 23 heavy (non-hydrogen) atoms. The third-order valence-corrected chi connectivity index (χ3v) is 4.35. The minimum atomic E-state index is -0.468. The average Bonchev–Trinajstić information content (AvgIpc) is 2.51. The number of rotatable bonds is 7. The van der Waals surface area contributed by atoms with E-state index in [9.17, 15) is 9.50 Å². The van der Waals surface area contributed by atoms with Crippen LogP contribution in [-0.2, 0) is 11.3 Å². The SMILES string of the molecule is CC(C)OCC(O)CN1CCN(Cc2c(F)cccc2Cl)CC1. The van der Waals surface area contributed by atoms with Gasteiger partial charge in [-0.1, -0.05) is 17.7 Å². The lowest BCUT2D eigenvalue weighted by Gasteiger charge is -2.35. The highest BCUT2D eigenvalue weighted by Gasteiger charge is 2.21. The molecule has 1 aliphatic heterocycles. The normalized spacial score (nSPS) is 18.5. The van der Waals surface area contributed by atoms with Crippen LogP contribution in [-0.4, -0.2) is 66.4 Å². The lowest BCUT2D eigenvalue weighted by atomic mass is 10.1. The lowest BCUT2D eigenvalue weighted by molar-refractivity contribution is -0.0149. The van der Waals surface area contributed by atoms with Gasteiger partial charge in [0.05, 0.1) is 18.8 Å². The van der Waals surface area contributed by atoms with Crippen LogP contribution in [0.15, 0.2) is 18.2 Å². The number of ether oxygens (including phenoxy) is 1. The van der Waals surface area contributed by atoms with Crippen LogP contribution in [0.2, 0.25) is 5.02 Å². The highest BCUT2D eigenvalue weighted by Crippen LogP contribution is 2.21. The van der Waals surface area contributed by atoms with Gasteiger partial charge in [-0.15, -0.1) is 0 Å². The van der Waals surface area contributed by atoms with Gasteiger partial charge in [-0.3, -0.25) is 9.80 Å². The van der Waals surface area contributed by atoms with Crippen molar-refractivity contribution in [3.8, 4) is 0 Å². The van der Waals surface area contributed by atoms with Crippen LogP contribution in [0.1, 0.15) is 19.4 Å². The molecule has 0 spiro atoms. The lowest BCUT2D eigenvalue weighted by Crippen LogP contribution is -2.48. The molecule has 2 rings (SSSR count). The molecule has 0 amide bonds. The Hall–Kier alpha value is -0.720. The second-order valence-corrected chi connectivity index (χ2v) is 6.72. The summed E-state index contributed by atoms with van der Waals surface area (Å²) in [6, 6.07) is 4.80. The van der Waals surface area contributed by atoms with Crippen molar-refractivity contribution < 1.29 is 14.2 Å². The maximum Gasteiger partial charge on any atom is 0.129 e. The van der Waals surface area contributed by atoms with Gasteiger partial charge in [-0.2, -0.15) is 0 Å². The Kier molecular flexibility index (Phi) is 7.24. The van der Waals surface area contributed by atoms with E-state index in [-0.39, 0.29) is 11.9 Å². The molecule has 1 aliphatic rings. The first kappa shape index (κ1) is 18.6. The second-order valence-electron chi connectivity index (χ2n) is 6.31.